The van der Waals surface area contributed by atoms with Gasteiger partial charge < -0.3 is 10.1 Å². The Morgan fingerprint density at radius 2 is 1.78 bits per heavy atom. The maximum Gasteiger partial charge on any atom is 0.189 e. The summed E-state index contributed by atoms with van der Waals surface area (Å²) in [5, 5.41) is 3.57. The molecule has 0 aromatic heterocycles. The quantitative estimate of drug-likeness (QED) is 0.474. The van der Waals surface area contributed by atoms with Crippen LogP contribution in [-0.2, 0) is 0 Å². The highest BCUT2D eigenvalue weighted by Gasteiger charge is 2.15. The third kappa shape index (κ3) is 5.47. The van der Waals surface area contributed by atoms with Crippen LogP contribution in [0.25, 0.3) is 5.70 Å². The maximum atomic E-state index is 5.32. The lowest BCUT2D eigenvalue weighted by Gasteiger charge is -2.22. The molecule has 0 heterocycles. The molecule has 1 aliphatic rings. The molecule has 0 saturated heterocycles. The van der Waals surface area contributed by atoms with E-state index in [1.165, 1.54) is 37.7 Å². The van der Waals surface area contributed by atoms with E-state index in [-0.39, 0.29) is 0 Å². The van der Waals surface area contributed by atoms with E-state index in [0.29, 0.717) is 11.0 Å². The highest BCUT2D eigenvalue weighted by Crippen LogP contribution is 2.32. The summed E-state index contributed by atoms with van der Waals surface area (Å²) in [6.45, 7) is 4.09. The van der Waals surface area contributed by atoms with Crippen molar-refractivity contribution in [3.8, 4) is 5.75 Å². The van der Waals surface area contributed by atoms with Crippen LogP contribution in [0, 0.1) is 0 Å². The number of hydrogen-bond donors (Lipinski definition) is 3. The second-order valence-corrected chi connectivity index (χ2v) is 7.28. The van der Waals surface area contributed by atoms with Crippen molar-refractivity contribution >= 4 is 28.7 Å². The molecule has 1 aliphatic carbocycles. The van der Waals surface area contributed by atoms with Crippen LogP contribution in [0.2, 0.25) is 0 Å². The molecule has 1 saturated carbocycles. The number of anilines is 1. The summed E-state index contributed by atoms with van der Waals surface area (Å²) >= 11 is 5.32. The predicted octanol–water partition coefficient (Wildman–Crippen LogP) is 5.20. The van der Waals surface area contributed by atoms with Crippen LogP contribution < -0.4 is 20.9 Å². The van der Waals surface area contributed by atoms with Gasteiger partial charge in [0.1, 0.15) is 5.75 Å². The Morgan fingerprint density at radius 1 is 1.04 bits per heavy atom. The highest BCUT2D eigenvalue weighted by molar-refractivity contribution is 7.80. The van der Waals surface area contributed by atoms with Gasteiger partial charge in [0.25, 0.3) is 0 Å². The molecule has 3 N–H and O–H groups in total. The van der Waals surface area contributed by atoms with E-state index >= 15 is 0 Å². The van der Waals surface area contributed by atoms with E-state index in [4.69, 9.17) is 17.0 Å². The zero-order valence-corrected chi connectivity index (χ0v) is 16.6. The molecule has 5 heteroatoms. The van der Waals surface area contributed by atoms with Crippen molar-refractivity contribution in [2.75, 3.05) is 12.4 Å². The van der Waals surface area contributed by atoms with Crippen molar-refractivity contribution in [1.82, 2.24) is 10.9 Å². The van der Waals surface area contributed by atoms with E-state index in [0.717, 1.165) is 22.7 Å². The van der Waals surface area contributed by atoms with Gasteiger partial charge in [0.2, 0.25) is 0 Å². The standard InChI is InChI=1S/C22H27N3OS/c1-16(17-11-13-19(14-12-17)18-7-4-3-5-8-18)24-25-22(27)23-20-9-6-10-21(15-20)26-2/h6,9-15,18,24H,1,3-5,7-8H2,2H3,(H2,23,25,27). The Balaban J connectivity index is 1.50. The Kier molecular flexibility index (Phi) is 6.71. The lowest BCUT2D eigenvalue weighted by molar-refractivity contribution is 0.415. The van der Waals surface area contributed by atoms with Gasteiger partial charge in [-0.3, -0.25) is 10.9 Å². The average Bonchev–Trinajstić information content (AvgIpc) is 2.73. The van der Waals surface area contributed by atoms with Gasteiger partial charge in [0.05, 0.1) is 12.8 Å². The molecule has 3 rings (SSSR count). The average molecular weight is 382 g/mol. The number of hydrazine groups is 1. The van der Waals surface area contributed by atoms with Gasteiger partial charge in [0.15, 0.2) is 5.11 Å². The van der Waals surface area contributed by atoms with Gasteiger partial charge in [-0.15, -0.1) is 0 Å². The van der Waals surface area contributed by atoms with Crippen LogP contribution in [0.5, 0.6) is 5.75 Å². The summed E-state index contributed by atoms with van der Waals surface area (Å²) < 4.78 is 5.21. The van der Waals surface area contributed by atoms with Crippen molar-refractivity contribution in [3.05, 3.63) is 66.2 Å². The van der Waals surface area contributed by atoms with Gasteiger partial charge in [0, 0.05) is 11.8 Å². The summed E-state index contributed by atoms with van der Waals surface area (Å²) in [5.74, 6) is 1.49. The molecule has 0 spiro atoms. The minimum atomic E-state index is 0.461. The smallest absolute Gasteiger partial charge is 0.189 e. The monoisotopic (exact) mass is 381 g/mol. The molecular weight excluding hydrogens is 354 g/mol. The van der Waals surface area contributed by atoms with Gasteiger partial charge in [-0.2, -0.15) is 0 Å². The first-order chi connectivity index (χ1) is 13.2. The Bertz CT molecular complexity index is 782. The summed E-state index contributed by atoms with van der Waals surface area (Å²) in [4.78, 5) is 0. The molecule has 4 nitrogen and oxygen atoms in total. The zero-order valence-electron chi connectivity index (χ0n) is 15.8. The topological polar surface area (TPSA) is 45.3 Å². The molecule has 142 valence electrons. The number of thiocarbonyl (C=S) groups is 1. The second kappa shape index (κ2) is 9.42. The fourth-order valence-electron chi connectivity index (χ4n) is 3.46. The number of benzene rings is 2. The molecule has 0 bridgehead atoms. The minimum absolute atomic E-state index is 0.461. The third-order valence-corrected chi connectivity index (χ3v) is 5.19. The van der Waals surface area contributed by atoms with Crippen molar-refractivity contribution in [1.29, 1.82) is 0 Å². The molecule has 0 atom stereocenters. The molecule has 1 fully saturated rings. The van der Waals surface area contributed by atoms with Crippen LogP contribution in [0.3, 0.4) is 0 Å². The third-order valence-electron chi connectivity index (χ3n) is 4.99. The molecule has 0 aliphatic heterocycles. The van der Waals surface area contributed by atoms with Crippen LogP contribution in [0.1, 0.15) is 49.1 Å². The predicted molar refractivity (Wildman–Crippen MR) is 117 cm³/mol. The van der Waals surface area contributed by atoms with Gasteiger partial charge in [-0.25, -0.2) is 0 Å². The summed E-state index contributed by atoms with van der Waals surface area (Å²) in [6, 6.07) is 16.3. The SMILES string of the molecule is C=C(NNC(=S)Nc1cccc(OC)c1)c1ccc(C2CCCCC2)cc1. The van der Waals surface area contributed by atoms with Gasteiger partial charge >= 0.3 is 0 Å². The first kappa shape index (κ1) is 19.2. The normalized spacial score (nSPS) is 14.3. The first-order valence-electron chi connectivity index (χ1n) is 9.42. The summed E-state index contributed by atoms with van der Waals surface area (Å²) in [7, 11) is 1.64. The van der Waals surface area contributed by atoms with Crippen LogP contribution >= 0.6 is 12.2 Å². The number of nitrogens with one attached hydrogen (secondary N) is 3. The Hall–Kier alpha value is -2.53. The van der Waals surface area contributed by atoms with E-state index in [1.807, 2.05) is 24.3 Å². The molecule has 0 unspecified atom stereocenters. The van der Waals surface area contributed by atoms with Gasteiger partial charge in [-0.1, -0.05) is 56.2 Å². The second-order valence-electron chi connectivity index (χ2n) is 6.87. The summed E-state index contributed by atoms with van der Waals surface area (Å²) in [6.07, 6.45) is 6.70. The molecule has 0 radical (unpaired) electrons. The molecule has 27 heavy (non-hydrogen) atoms. The lowest BCUT2D eigenvalue weighted by atomic mass is 9.84. The van der Waals surface area contributed by atoms with Crippen LogP contribution in [0.4, 0.5) is 5.69 Å². The maximum absolute atomic E-state index is 5.32. The Labute approximate surface area is 167 Å². The number of ether oxygens (including phenoxy) is 1. The molecular formula is C22H27N3OS. The number of rotatable bonds is 6. The van der Waals surface area contributed by atoms with Crippen molar-refractivity contribution in [2.24, 2.45) is 0 Å². The number of methoxy groups -OCH3 is 1. The van der Waals surface area contributed by atoms with E-state index < -0.39 is 0 Å². The van der Waals surface area contributed by atoms with E-state index in [1.54, 1.807) is 7.11 Å². The summed E-state index contributed by atoms with van der Waals surface area (Å²) in [5.41, 5.74) is 10.2. The van der Waals surface area contributed by atoms with Crippen molar-refractivity contribution in [3.63, 3.8) is 0 Å². The fourth-order valence-corrected chi connectivity index (χ4v) is 3.63. The van der Waals surface area contributed by atoms with E-state index in [9.17, 15) is 0 Å². The van der Waals surface area contributed by atoms with Crippen molar-refractivity contribution < 1.29 is 4.74 Å². The van der Waals surface area contributed by atoms with Crippen LogP contribution in [0.15, 0.2) is 55.1 Å². The Morgan fingerprint density at radius 3 is 2.48 bits per heavy atom. The molecule has 0 amide bonds. The van der Waals surface area contributed by atoms with Crippen LogP contribution in [-0.4, -0.2) is 12.2 Å². The highest BCUT2D eigenvalue weighted by atomic mass is 32.1. The number of hydrogen-bond acceptors (Lipinski definition) is 3. The van der Waals surface area contributed by atoms with E-state index in [2.05, 4.69) is 47.0 Å². The largest absolute Gasteiger partial charge is 0.497 e. The minimum Gasteiger partial charge on any atom is -0.497 e. The zero-order chi connectivity index (χ0) is 19.1. The lowest BCUT2D eigenvalue weighted by Crippen LogP contribution is -2.38. The van der Waals surface area contributed by atoms with Crippen molar-refractivity contribution in [2.45, 2.75) is 38.0 Å². The van der Waals surface area contributed by atoms with Gasteiger partial charge in [-0.05, 0) is 54.2 Å². The molecule has 2 aromatic carbocycles. The molecule has 2 aromatic rings. The first-order valence-corrected chi connectivity index (χ1v) is 9.83. The fraction of sp³-hybridized carbons (Fsp3) is 0.318.